The SMILES string of the molecule is CCCN(C)Cc1ccc(CNCC)cc1Br. The molecule has 0 aliphatic rings. The van der Waals surface area contributed by atoms with Gasteiger partial charge >= 0.3 is 0 Å². The molecule has 0 atom stereocenters. The summed E-state index contributed by atoms with van der Waals surface area (Å²) in [5.74, 6) is 0. The number of rotatable bonds is 7. The van der Waals surface area contributed by atoms with Crippen LogP contribution in [0, 0.1) is 0 Å². The Morgan fingerprint density at radius 1 is 1.29 bits per heavy atom. The fourth-order valence-electron chi connectivity index (χ4n) is 1.85. The molecule has 0 fully saturated rings. The fraction of sp³-hybridized carbons (Fsp3) is 0.571. The van der Waals surface area contributed by atoms with E-state index in [1.807, 2.05) is 0 Å². The lowest BCUT2D eigenvalue weighted by molar-refractivity contribution is 0.327. The molecule has 0 saturated heterocycles. The Bertz CT molecular complexity index is 339. The summed E-state index contributed by atoms with van der Waals surface area (Å²) in [4.78, 5) is 2.35. The van der Waals surface area contributed by atoms with Gasteiger partial charge in [0.05, 0.1) is 0 Å². The van der Waals surface area contributed by atoms with Crippen LogP contribution in [0.25, 0.3) is 0 Å². The van der Waals surface area contributed by atoms with Crippen molar-refractivity contribution in [3.63, 3.8) is 0 Å². The van der Waals surface area contributed by atoms with Gasteiger partial charge in [-0.3, -0.25) is 0 Å². The summed E-state index contributed by atoms with van der Waals surface area (Å²) in [5, 5.41) is 3.34. The molecule has 1 aromatic rings. The van der Waals surface area contributed by atoms with E-state index in [1.54, 1.807) is 0 Å². The third kappa shape index (κ3) is 5.19. The van der Waals surface area contributed by atoms with Crippen molar-refractivity contribution in [1.29, 1.82) is 0 Å². The average molecular weight is 299 g/mol. The highest BCUT2D eigenvalue weighted by Gasteiger charge is 2.04. The number of benzene rings is 1. The van der Waals surface area contributed by atoms with Crippen LogP contribution in [0.15, 0.2) is 22.7 Å². The Balaban J connectivity index is 2.62. The molecule has 0 saturated carbocycles. The van der Waals surface area contributed by atoms with Crippen LogP contribution < -0.4 is 5.32 Å². The lowest BCUT2D eigenvalue weighted by Crippen LogP contribution is -2.19. The van der Waals surface area contributed by atoms with Crippen LogP contribution >= 0.6 is 15.9 Å². The Morgan fingerprint density at radius 3 is 2.65 bits per heavy atom. The van der Waals surface area contributed by atoms with E-state index in [2.05, 4.69) is 65.2 Å². The van der Waals surface area contributed by atoms with Crippen LogP contribution in [0.1, 0.15) is 31.4 Å². The topological polar surface area (TPSA) is 15.3 Å². The Hall–Kier alpha value is -0.380. The quantitative estimate of drug-likeness (QED) is 0.830. The largest absolute Gasteiger partial charge is 0.313 e. The predicted octanol–water partition coefficient (Wildman–Crippen LogP) is 3.40. The van der Waals surface area contributed by atoms with E-state index in [9.17, 15) is 0 Å². The Morgan fingerprint density at radius 2 is 2.06 bits per heavy atom. The molecule has 0 amide bonds. The van der Waals surface area contributed by atoms with E-state index in [0.717, 1.165) is 26.2 Å². The van der Waals surface area contributed by atoms with E-state index in [0.29, 0.717) is 0 Å². The molecule has 0 aliphatic heterocycles. The van der Waals surface area contributed by atoms with Crippen LogP contribution in [0.5, 0.6) is 0 Å². The molecule has 2 nitrogen and oxygen atoms in total. The predicted molar refractivity (Wildman–Crippen MR) is 78.1 cm³/mol. The fourth-order valence-corrected chi connectivity index (χ4v) is 2.40. The van der Waals surface area contributed by atoms with Gasteiger partial charge in [0.2, 0.25) is 0 Å². The van der Waals surface area contributed by atoms with Crippen molar-refractivity contribution in [2.45, 2.75) is 33.4 Å². The first-order chi connectivity index (χ1) is 8.17. The molecule has 3 heteroatoms. The molecular weight excluding hydrogens is 276 g/mol. The summed E-state index contributed by atoms with van der Waals surface area (Å²) in [6, 6.07) is 6.66. The van der Waals surface area contributed by atoms with Crippen LogP contribution in [-0.2, 0) is 13.1 Å². The molecule has 0 spiro atoms. The zero-order valence-electron chi connectivity index (χ0n) is 11.1. The molecule has 17 heavy (non-hydrogen) atoms. The molecule has 1 rings (SSSR count). The van der Waals surface area contributed by atoms with Crippen molar-refractivity contribution in [1.82, 2.24) is 10.2 Å². The van der Waals surface area contributed by atoms with Crippen molar-refractivity contribution in [2.24, 2.45) is 0 Å². The van der Waals surface area contributed by atoms with E-state index in [4.69, 9.17) is 0 Å². The van der Waals surface area contributed by atoms with E-state index < -0.39 is 0 Å². The maximum Gasteiger partial charge on any atom is 0.0241 e. The van der Waals surface area contributed by atoms with Crippen molar-refractivity contribution in [2.75, 3.05) is 20.1 Å². The second kappa shape index (κ2) is 7.85. The number of hydrogen-bond donors (Lipinski definition) is 1. The monoisotopic (exact) mass is 298 g/mol. The smallest absolute Gasteiger partial charge is 0.0241 e. The van der Waals surface area contributed by atoms with Crippen molar-refractivity contribution in [3.8, 4) is 0 Å². The van der Waals surface area contributed by atoms with Crippen molar-refractivity contribution >= 4 is 15.9 Å². The van der Waals surface area contributed by atoms with Gasteiger partial charge in [-0.05, 0) is 43.8 Å². The average Bonchev–Trinajstić information content (AvgIpc) is 2.30. The van der Waals surface area contributed by atoms with Gasteiger partial charge in [0, 0.05) is 17.6 Å². The summed E-state index contributed by atoms with van der Waals surface area (Å²) in [6.45, 7) is 8.45. The van der Waals surface area contributed by atoms with Gasteiger partial charge in [-0.15, -0.1) is 0 Å². The number of nitrogens with zero attached hydrogens (tertiary/aromatic N) is 1. The molecule has 0 bridgehead atoms. The molecule has 0 unspecified atom stereocenters. The first-order valence-electron chi connectivity index (χ1n) is 6.34. The molecule has 1 aromatic carbocycles. The maximum absolute atomic E-state index is 3.66. The zero-order chi connectivity index (χ0) is 12.7. The standard InChI is InChI=1S/C14H23BrN2/c1-4-8-17(3)11-13-7-6-12(9-14(13)15)10-16-5-2/h6-7,9,16H,4-5,8,10-11H2,1-3H3. The second-order valence-corrected chi connectivity index (χ2v) is 5.30. The third-order valence-corrected chi connectivity index (χ3v) is 3.48. The maximum atomic E-state index is 3.66. The van der Waals surface area contributed by atoms with Gasteiger partial charge in [-0.25, -0.2) is 0 Å². The number of halogens is 1. The summed E-state index contributed by atoms with van der Waals surface area (Å²) in [5.41, 5.74) is 2.70. The first-order valence-corrected chi connectivity index (χ1v) is 7.13. The molecule has 0 aromatic heterocycles. The Kier molecular flexibility index (Phi) is 6.78. The van der Waals surface area contributed by atoms with Gasteiger partial charge in [-0.1, -0.05) is 41.9 Å². The highest BCUT2D eigenvalue weighted by molar-refractivity contribution is 9.10. The van der Waals surface area contributed by atoms with E-state index in [-0.39, 0.29) is 0 Å². The minimum Gasteiger partial charge on any atom is -0.313 e. The second-order valence-electron chi connectivity index (χ2n) is 4.44. The van der Waals surface area contributed by atoms with Crippen LogP contribution in [0.3, 0.4) is 0 Å². The molecule has 96 valence electrons. The third-order valence-electron chi connectivity index (χ3n) is 2.74. The minimum absolute atomic E-state index is 0.945. The lowest BCUT2D eigenvalue weighted by atomic mass is 10.1. The van der Waals surface area contributed by atoms with E-state index in [1.165, 1.54) is 22.0 Å². The molecule has 0 radical (unpaired) electrons. The van der Waals surface area contributed by atoms with Gasteiger partial charge in [0.15, 0.2) is 0 Å². The highest BCUT2D eigenvalue weighted by Crippen LogP contribution is 2.20. The van der Waals surface area contributed by atoms with Crippen LogP contribution in [0.2, 0.25) is 0 Å². The minimum atomic E-state index is 0.945. The van der Waals surface area contributed by atoms with Gasteiger partial charge in [0.1, 0.15) is 0 Å². The van der Waals surface area contributed by atoms with Gasteiger partial charge in [-0.2, -0.15) is 0 Å². The number of hydrogen-bond acceptors (Lipinski definition) is 2. The van der Waals surface area contributed by atoms with E-state index >= 15 is 0 Å². The molecular formula is C14H23BrN2. The zero-order valence-corrected chi connectivity index (χ0v) is 12.7. The number of nitrogens with one attached hydrogen (secondary N) is 1. The lowest BCUT2D eigenvalue weighted by Gasteiger charge is -2.17. The van der Waals surface area contributed by atoms with Gasteiger partial charge < -0.3 is 10.2 Å². The normalized spacial score (nSPS) is 11.1. The summed E-state index contributed by atoms with van der Waals surface area (Å²) in [7, 11) is 2.17. The Labute approximate surface area is 114 Å². The summed E-state index contributed by atoms with van der Waals surface area (Å²) < 4.78 is 1.22. The highest BCUT2D eigenvalue weighted by atomic mass is 79.9. The molecule has 0 heterocycles. The molecule has 1 N–H and O–H groups in total. The summed E-state index contributed by atoms with van der Waals surface area (Å²) >= 11 is 3.66. The van der Waals surface area contributed by atoms with Gasteiger partial charge in [0.25, 0.3) is 0 Å². The van der Waals surface area contributed by atoms with Crippen LogP contribution in [0.4, 0.5) is 0 Å². The summed E-state index contributed by atoms with van der Waals surface area (Å²) in [6.07, 6.45) is 1.20. The van der Waals surface area contributed by atoms with Crippen LogP contribution in [-0.4, -0.2) is 25.0 Å². The van der Waals surface area contributed by atoms with Crippen molar-refractivity contribution in [3.05, 3.63) is 33.8 Å². The first kappa shape index (κ1) is 14.7. The van der Waals surface area contributed by atoms with Crippen molar-refractivity contribution < 1.29 is 0 Å². The molecule has 0 aliphatic carbocycles.